The number of carbonyl (C=O) groups is 3. The minimum atomic E-state index is -1.20. The van der Waals surface area contributed by atoms with Gasteiger partial charge in [-0.1, -0.05) is 53.0 Å². The average Bonchev–Trinajstić information content (AvgIpc) is 2.74. The number of ketones is 1. The summed E-state index contributed by atoms with van der Waals surface area (Å²) in [5.41, 5.74) is -0.821. The lowest BCUT2D eigenvalue weighted by molar-refractivity contribution is -0.150. The van der Waals surface area contributed by atoms with Crippen molar-refractivity contribution in [2.45, 2.75) is 31.2 Å². The summed E-state index contributed by atoms with van der Waals surface area (Å²) < 4.78 is 5.10. The molecule has 3 rings (SSSR count). The van der Waals surface area contributed by atoms with Gasteiger partial charge in [0.25, 0.3) is 5.91 Å². The van der Waals surface area contributed by atoms with Crippen LogP contribution in [0.25, 0.3) is 0 Å². The zero-order valence-electron chi connectivity index (χ0n) is 16.2. The van der Waals surface area contributed by atoms with Crippen molar-refractivity contribution in [1.82, 2.24) is 9.88 Å². The van der Waals surface area contributed by atoms with Gasteiger partial charge >= 0.3 is 5.97 Å². The zero-order chi connectivity index (χ0) is 21.9. The maximum Gasteiger partial charge on any atom is 0.359 e. The Hall–Kier alpha value is -2.15. The molecule has 158 valence electrons. The molecule has 1 atom stereocenters. The molecule has 0 spiro atoms. The molecule has 1 aromatic carbocycles. The van der Waals surface area contributed by atoms with E-state index in [0.29, 0.717) is 23.4 Å². The maximum absolute atomic E-state index is 13.1. The molecule has 1 saturated carbocycles. The fraction of sp³-hybridized carbons (Fsp3) is 0.333. The normalized spacial score (nSPS) is 18.7. The first-order valence-electron chi connectivity index (χ1n) is 9.31. The first-order valence-corrected chi connectivity index (χ1v) is 10.4. The van der Waals surface area contributed by atoms with E-state index in [2.05, 4.69) is 4.98 Å². The highest BCUT2D eigenvalue weighted by atomic mass is 35.5. The lowest BCUT2D eigenvalue weighted by Crippen LogP contribution is -2.55. The molecule has 1 heterocycles. The fourth-order valence-electron chi connectivity index (χ4n) is 3.70. The van der Waals surface area contributed by atoms with Gasteiger partial charge in [-0.25, -0.2) is 9.78 Å². The Kier molecular flexibility index (Phi) is 7.01. The molecular formula is C21H19Cl3N2O4. The van der Waals surface area contributed by atoms with Crippen LogP contribution in [-0.4, -0.2) is 41.2 Å². The van der Waals surface area contributed by atoms with Crippen molar-refractivity contribution in [1.29, 1.82) is 0 Å². The van der Waals surface area contributed by atoms with Gasteiger partial charge in [-0.3, -0.25) is 9.59 Å². The van der Waals surface area contributed by atoms with Gasteiger partial charge in [-0.15, -0.1) is 0 Å². The van der Waals surface area contributed by atoms with Crippen molar-refractivity contribution in [2.24, 2.45) is 0 Å². The zero-order valence-corrected chi connectivity index (χ0v) is 18.4. The van der Waals surface area contributed by atoms with Crippen molar-refractivity contribution in [3.8, 4) is 0 Å². The number of Topliss-reactive ketones (excluding diaryl/α,β-unsaturated/α-hetero) is 1. The number of halogens is 3. The second-order valence-corrected chi connectivity index (χ2v) is 8.17. The molecule has 0 bridgehead atoms. The number of likely N-dealkylation sites (N-methyl/N-ethyl adjacent to an activating group) is 1. The number of hydrogen-bond donors (Lipinski definition) is 0. The molecule has 1 amide bonds. The number of pyridine rings is 1. The molecule has 1 aliphatic rings. The van der Waals surface area contributed by atoms with E-state index >= 15 is 0 Å². The second kappa shape index (κ2) is 9.33. The molecule has 1 unspecified atom stereocenters. The minimum absolute atomic E-state index is 0.0557. The van der Waals surface area contributed by atoms with E-state index in [4.69, 9.17) is 39.5 Å². The molecule has 1 aliphatic carbocycles. The summed E-state index contributed by atoms with van der Waals surface area (Å²) in [5, 5.41) is 0.528. The van der Waals surface area contributed by atoms with Crippen LogP contribution in [0.5, 0.6) is 0 Å². The van der Waals surface area contributed by atoms with E-state index in [1.54, 1.807) is 24.3 Å². The van der Waals surface area contributed by atoms with Gasteiger partial charge in [0.15, 0.2) is 18.1 Å². The monoisotopic (exact) mass is 468 g/mol. The molecule has 0 N–H and O–H groups in total. The van der Waals surface area contributed by atoms with E-state index in [1.807, 2.05) is 0 Å². The third-order valence-corrected chi connectivity index (χ3v) is 6.10. The van der Waals surface area contributed by atoms with Crippen molar-refractivity contribution in [2.75, 3.05) is 13.7 Å². The highest BCUT2D eigenvalue weighted by molar-refractivity contribution is 6.34. The van der Waals surface area contributed by atoms with Crippen LogP contribution in [0.15, 0.2) is 36.4 Å². The van der Waals surface area contributed by atoms with Crippen LogP contribution in [-0.2, 0) is 19.9 Å². The Morgan fingerprint density at radius 3 is 2.53 bits per heavy atom. The quantitative estimate of drug-likeness (QED) is 0.469. The van der Waals surface area contributed by atoms with E-state index in [0.717, 1.165) is 12.8 Å². The first kappa shape index (κ1) is 22.5. The summed E-state index contributed by atoms with van der Waals surface area (Å²) >= 11 is 18.1. The van der Waals surface area contributed by atoms with Crippen molar-refractivity contribution < 1.29 is 19.1 Å². The summed E-state index contributed by atoms with van der Waals surface area (Å²) in [6, 6.07) is 9.81. The van der Waals surface area contributed by atoms with Crippen LogP contribution in [0.3, 0.4) is 0 Å². The van der Waals surface area contributed by atoms with Gasteiger partial charge in [0.2, 0.25) is 0 Å². The van der Waals surface area contributed by atoms with E-state index in [-0.39, 0.29) is 21.7 Å². The highest BCUT2D eigenvalue weighted by Gasteiger charge is 2.48. The van der Waals surface area contributed by atoms with E-state index in [9.17, 15) is 14.4 Å². The van der Waals surface area contributed by atoms with Crippen LogP contribution in [0.2, 0.25) is 15.2 Å². The largest absolute Gasteiger partial charge is 0.451 e. The van der Waals surface area contributed by atoms with Gasteiger partial charge < -0.3 is 9.64 Å². The summed E-state index contributed by atoms with van der Waals surface area (Å²) in [6.45, 7) is -0.584. The SMILES string of the molecule is CN(C(=O)COC(=O)c1nc(Cl)ccc1Cl)C1(c2ccccc2Cl)CCCCC1=O. The minimum Gasteiger partial charge on any atom is -0.451 e. The number of hydrogen-bond acceptors (Lipinski definition) is 5. The number of carbonyl (C=O) groups excluding carboxylic acids is 3. The van der Waals surface area contributed by atoms with Crippen molar-refractivity contribution in [3.63, 3.8) is 0 Å². The molecular weight excluding hydrogens is 451 g/mol. The van der Waals surface area contributed by atoms with Crippen LogP contribution >= 0.6 is 34.8 Å². The summed E-state index contributed by atoms with van der Waals surface area (Å²) in [5.74, 6) is -1.52. The molecule has 0 aliphatic heterocycles. The Morgan fingerprint density at radius 1 is 1.10 bits per heavy atom. The molecule has 2 aromatic rings. The third-order valence-electron chi connectivity index (χ3n) is 5.25. The van der Waals surface area contributed by atoms with Gasteiger partial charge in [0.05, 0.1) is 5.02 Å². The Labute approximate surface area is 189 Å². The lowest BCUT2D eigenvalue weighted by Gasteiger charge is -2.43. The van der Waals surface area contributed by atoms with Crippen LogP contribution < -0.4 is 0 Å². The number of ether oxygens (including phenoxy) is 1. The molecule has 30 heavy (non-hydrogen) atoms. The smallest absolute Gasteiger partial charge is 0.359 e. The third kappa shape index (κ3) is 4.31. The summed E-state index contributed by atoms with van der Waals surface area (Å²) in [7, 11) is 1.52. The fourth-order valence-corrected chi connectivity index (χ4v) is 4.32. The lowest BCUT2D eigenvalue weighted by atomic mass is 9.74. The van der Waals surface area contributed by atoms with Crippen LogP contribution in [0.1, 0.15) is 41.7 Å². The van der Waals surface area contributed by atoms with E-state index < -0.39 is 24.0 Å². The summed E-state index contributed by atoms with van der Waals surface area (Å²) in [6.07, 6.45) is 2.29. The highest BCUT2D eigenvalue weighted by Crippen LogP contribution is 2.42. The molecule has 6 nitrogen and oxygen atoms in total. The van der Waals surface area contributed by atoms with Gasteiger partial charge in [0.1, 0.15) is 10.7 Å². The average molecular weight is 470 g/mol. The number of nitrogens with zero attached hydrogens (tertiary/aromatic N) is 2. The second-order valence-electron chi connectivity index (χ2n) is 6.96. The molecule has 1 fully saturated rings. The first-order chi connectivity index (χ1) is 14.3. The number of amides is 1. The molecule has 0 radical (unpaired) electrons. The van der Waals surface area contributed by atoms with Crippen molar-refractivity contribution in [3.05, 3.63) is 62.9 Å². The van der Waals surface area contributed by atoms with Gasteiger partial charge in [-0.05, 0) is 37.5 Å². The van der Waals surface area contributed by atoms with Crippen LogP contribution in [0, 0.1) is 0 Å². The van der Waals surface area contributed by atoms with Crippen molar-refractivity contribution >= 4 is 52.5 Å². The number of benzene rings is 1. The standard InChI is InChI=1S/C21H19Cl3N2O4/c1-26(18(28)12-30-20(29)19-15(23)9-10-17(24)25-19)21(11-5-4-8-16(21)27)13-6-2-3-7-14(13)22/h2-3,6-7,9-10H,4-5,8,11-12H2,1H3. The number of rotatable bonds is 5. The topological polar surface area (TPSA) is 76.6 Å². The predicted molar refractivity (Wildman–Crippen MR) is 114 cm³/mol. The predicted octanol–water partition coefficient (Wildman–Crippen LogP) is 4.70. The Balaban J connectivity index is 1.83. The van der Waals surface area contributed by atoms with E-state index in [1.165, 1.54) is 24.1 Å². The molecule has 1 aromatic heterocycles. The number of aromatic nitrogens is 1. The van der Waals surface area contributed by atoms with Crippen LogP contribution in [0.4, 0.5) is 0 Å². The van der Waals surface area contributed by atoms with Gasteiger partial charge in [-0.2, -0.15) is 0 Å². The Bertz CT molecular complexity index is 998. The summed E-state index contributed by atoms with van der Waals surface area (Å²) in [4.78, 5) is 43.5. The molecule has 0 saturated heterocycles. The Morgan fingerprint density at radius 2 is 1.83 bits per heavy atom. The molecule has 9 heteroatoms. The van der Waals surface area contributed by atoms with Gasteiger partial charge in [0, 0.05) is 24.1 Å². The number of esters is 1. The maximum atomic E-state index is 13.1.